The van der Waals surface area contributed by atoms with Gasteiger partial charge in [0.15, 0.2) is 6.61 Å². The Morgan fingerprint density at radius 3 is 2.43 bits per heavy atom. The Morgan fingerprint density at radius 1 is 1.26 bits per heavy atom. The van der Waals surface area contributed by atoms with Gasteiger partial charge in [0.25, 0.3) is 5.91 Å². The topological polar surface area (TPSA) is 75.6 Å². The third kappa shape index (κ3) is 5.35. The molecule has 0 aliphatic carbocycles. The fourth-order valence-corrected chi connectivity index (χ4v) is 4.88. The largest absolute Gasteiger partial charge is 0.484 e. The number of hydrogen-bond acceptors (Lipinski definition) is 5. The number of ether oxygens (including phenoxy) is 1. The molecule has 1 aliphatic rings. The molecule has 1 fully saturated rings. The van der Waals surface area contributed by atoms with Crippen molar-refractivity contribution in [2.24, 2.45) is 0 Å². The molecule has 1 heterocycles. The van der Waals surface area contributed by atoms with Crippen molar-refractivity contribution in [3.63, 3.8) is 0 Å². The van der Waals surface area contributed by atoms with Gasteiger partial charge in [-0.15, -0.1) is 23.5 Å². The van der Waals surface area contributed by atoms with E-state index in [1.807, 2.05) is 47.8 Å². The number of nitrogens with one attached hydrogen (secondary N) is 1. The lowest BCUT2D eigenvalue weighted by Gasteiger charge is -2.22. The van der Waals surface area contributed by atoms with Crippen LogP contribution in [0.25, 0.3) is 0 Å². The second kappa shape index (κ2) is 7.97. The van der Waals surface area contributed by atoms with Crippen LogP contribution in [0.2, 0.25) is 0 Å². The third-order valence-electron chi connectivity index (χ3n) is 3.34. The van der Waals surface area contributed by atoms with Crippen LogP contribution in [0.1, 0.15) is 30.4 Å². The molecule has 2 N–H and O–H groups in total. The van der Waals surface area contributed by atoms with Gasteiger partial charge in [0.1, 0.15) is 11.3 Å². The van der Waals surface area contributed by atoms with E-state index in [-0.39, 0.29) is 6.61 Å². The number of benzene rings is 1. The summed E-state index contributed by atoms with van der Waals surface area (Å²) < 4.78 is 5.89. The molecule has 0 aromatic heterocycles. The first kappa shape index (κ1) is 18.0. The SMILES string of the molecule is CC(C)(NC(=O)COc1ccc(C2SCCCS2)cc1)C(=O)O. The average molecular weight is 355 g/mol. The van der Waals surface area contributed by atoms with Crippen LogP contribution >= 0.6 is 23.5 Å². The predicted octanol–water partition coefficient (Wildman–Crippen LogP) is 2.91. The van der Waals surface area contributed by atoms with Gasteiger partial charge in [-0.2, -0.15) is 0 Å². The molecule has 0 saturated carbocycles. The average Bonchev–Trinajstić information content (AvgIpc) is 2.54. The Balaban J connectivity index is 1.84. The zero-order chi connectivity index (χ0) is 16.9. The van der Waals surface area contributed by atoms with Crippen LogP contribution in [-0.2, 0) is 9.59 Å². The molecule has 126 valence electrons. The number of thioether (sulfide) groups is 2. The van der Waals surface area contributed by atoms with Gasteiger partial charge in [0.2, 0.25) is 0 Å². The quantitative estimate of drug-likeness (QED) is 0.817. The molecule has 0 spiro atoms. The summed E-state index contributed by atoms with van der Waals surface area (Å²) in [7, 11) is 0. The standard InChI is InChI=1S/C16H21NO4S2/c1-16(2,15(19)20)17-13(18)10-21-12-6-4-11(5-7-12)14-22-8-3-9-23-14/h4-7,14H,3,8-10H2,1-2H3,(H,17,18)(H,19,20). The Kier molecular flexibility index (Phi) is 6.24. The van der Waals surface area contributed by atoms with E-state index in [9.17, 15) is 9.59 Å². The van der Waals surface area contributed by atoms with E-state index in [0.29, 0.717) is 10.3 Å². The monoisotopic (exact) mass is 355 g/mol. The molecule has 0 bridgehead atoms. The zero-order valence-electron chi connectivity index (χ0n) is 13.2. The smallest absolute Gasteiger partial charge is 0.328 e. The first-order valence-electron chi connectivity index (χ1n) is 7.39. The molecule has 2 rings (SSSR count). The van der Waals surface area contributed by atoms with Crippen molar-refractivity contribution in [3.05, 3.63) is 29.8 Å². The number of carboxylic acids is 1. The summed E-state index contributed by atoms with van der Waals surface area (Å²) in [6.45, 7) is 2.66. The number of hydrogen-bond donors (Lipinski definition) is 2. The summed E-state index contributed by atoms with van der Waals surface area (Å²) in [5.74, 6) is 1.44. The molecule has 5 nitrogen and oxygen atoms in total. The maximum absolute atomic E-state index is 11.7. The van der Waals surface area contributed by atoms with Gasteiger partial charge in [-0.25, -0.2) is 4.79 Å². The van der Waals surface area contributed by atoms with Gasteiger partial charge in [-0.3, -0.25) is 4.79 Å². The van der Waals surface area contributed by atoms with Crippen LogP contribution in [0.4, 0.5) is 0 Å². The lowest BCUT2D eigenvalue weighted by molar-refractivity contribution is -0.146. The lowest BCUT2D eigenvalue weighted by Crippen LogP contribution is -2.51. The second-order valence-corrected chi connectivity index (χ2v) is 8.49. The summed E-state index contributed by atoms with van der Waals surface area (Å²) >= 11 is 3.90. The molecular weight excluding hydrogens is 334 g/mol. The minimum atomic E-state index is -1.31. The van der Waals surface area contributed by atoms with E-state index in [2.05, 4.69) is 5.32 Å². The predicted molar refractivity (Wildman–Crippen MR) is 94.1 cm³/mol. The van der Waals surface area contributed by atoms with Gasteiger partial charge >= 0.3 is 5.97 Å². The van der Waals surface area contributed by atoms with E-state index >= 15 is 0 Å². The number of amides is 1. The molecule has 23 heavy (non-hydrogen) atoms. The third-order valence-corrected chi connectivity index (χ3v) is 6.35. The Hall–Kier alpha value is -1.34. The van der Waals surface area contributed by atoms with Crippen molar-refractivity contribution >= 4 is 35.4 Å². The van der Waals surface area contributed by atoms with E-state index in [1.165, 1.54) is 37.3 Å². The normalized spacial score (nSPS) is 15.9. The first-order valence-corrected chi connectivity index (χ1v) is 9.48. The molecule has 1 aromatic rings. The Morgan fingerprint density at radius 2 is 1.87 bits per heavy atom. The van der Waals surface area contributed by atoms with Crippen LogP contribution < -0.4 is 10.1 Å². The summed E-state index contributed by atoms with van der Waals surface area (Å²) in [5.41, 5.74) is -0.0526. The van der Waals surface area contributed by atoms with E-state index < -0.39 is 17.4 Å². The molecule has 0 unspecified atom stereocenters. The first-order chi connectivity index (χ1) is 10.9. The van der Waals surface area contributed by atoms with Gasteiger partial charge in [0.05, 0.1) is 4.58 Å². The molecular formula is C16H21NO4S2. The summed E-state index contributed by atoms with van der Waals surface area (Å²) in [6, 6.07) is 7.73. The van der Waals surface area contributed by atoms with E-state index in [4.69, 9.17) is 9.84 Å². The highest BCUT2D eigenvalue weighted by Gasteiger charge is 2.28. The van der Waals surface area contributed by atoms with E-state index in [0.717, 1.165) is 0 Å². The van der Waals surface area contributed by atoms with E-state index in [1.54, 1.807) is 0 Å². The van der Waals surface area contributed by atoms with Crippen LogP contribution in [0, 0.1) is 0 Å². The van der Waals surface area contributed by atoms with Crippen LogP contribution in [0.3, 0.4) is 0 Å². The minimum absolute atomic E-state index is 0.205. The van der Waals surface area contributed by atoms with Gasteiger partial charge in [-0.1, -0.05) is 12.1 Å². The summed E-state index contributed by atoms with van der Waals surface area (Å²) in [5, 5.41) is 11.4. The molecule has 1 amide bonds. The van der Waals surface area contributed by atoms with Crippen LogP contribution in [0.15, 0.2) is 24.3 Å². The molecule has 1 saturated heterocycles. The minimum Gasteiger partial charge on any atom is -0.484 e. The molecule has 7 heteroatoms. The lowest BCUT2D eigenvalue weighted by atomic mass is 10.1. The van der Waals surface area contributed by atoms with Crippen molar-refractivity contribution in [1.82, 2.24) is 5.32 Å². The van der Waals surface area contributed by atoms with Crippen LogP contribution in [0.5, 0.6) is 5.75 Å². The molecule has 1 aliphatic heterocycles. The number of aliphatic carboxylic acids is 1. The Bertz CT molecular complexity index is 554. The van der Waals surface area contributed by atoms with Crippen molar-refractivity contribution in [1.29, 1.82) is 0 Å². The Labute approximate surface area is 144 Å². The highest BCUT2D eigenvalue weighted by atomic mass is 32.2. The van der Waals surface area contributed by atoms with Gasteiger partial charge < -0.3 is 15.2 Å². The maximum atomic E-state index is 11.7. The van der Waals surface area contributed by atoms with Gasteiger partial charge in [-0.05, 0) is 49.5 Å². The zero-order valence-corrected chi connectivity index (χ0v) is 14.8. The summed E-state index contributed by atoms with van der Waals surface area (Å²) in [6.07, 6.45) is 1.26. The van der Waals surface area contributed by atoms with Crippen molar-refractivity contribution in [2.75, 3.05) is 18.1 Å². The van der Waals surface area contributed by atoms with Crippen molar-refractivity contribution < 1.29 is 19.4 Å². The molecule has 0 radical (unpaired) electrons. The van der Waals surface area contributed by atoms with Gasteiger partial charge in [0, 0.05) is 0 Å². The van der Waals surface area contributed by atoms with Crippen molar-refractivity contribution in [2.45, 2.75) is 30.4 Å². The number of carbonyl (C=O) groups is 2. The second-order valence-electron chi connectivity index (χ2n) is 5.76. The molecule has 0 atom stereocenters. The number of carbonyl (C=O) groups excluding carboxylic acids is 1. The number of carboxylic acid groups (broad SMARTS) is 1. The highest BCUT2D eigenvalue weighted by Crippen LogP contribution is 2.43. The highest BCUT2D eigenvalue weighted by molar-refractivity contribution is 8.16. The fourth-order valence-electron chi connectivity index (χ4n) is 1.99. The molecule has 1 aromatic carbocycles. The maximum Gasteiger partial charge on any atom is 0.328 e. The fraction of sp³-hybridized carbons (Fsp3) is 0.500. The van der Waals surface area contributed by atoms with Crippen LogP contribution in [-0.4, -0.2) is 40.6 Å². The summed E-state index contributed by atoms with van der Waals surface area (Å²) in [4.78, 5) is 22.7. The van der Waals surface area contributed by atoms with Crippen molar-refractivity contribution in [3.8, 4) is 5.75 Å². The number of rotatable bonds is 6.